The smallest absolute Gasteiger partial charge is 0.349 e. The average molecular weight is 377 g/mol. The van der Waals surface area contributed by atoms with Gasteiger partial charge in [-0.15, -0.1) is 0 Å². The Morgan fingerprint density at radius 2 is 1.93 bits per heavy atom. The van der Waals surface area contributed by atoms with Gasteiger partial charge >= 0.3 is 5.63 Å². The van der Waals surface area contributed by atoms with Gasteiger partial charge in [0.2, 0.25) is 0 Å². The Hall–Kier alpha value is -3.74. The fraction of sp³-hybridized carbons (Fsp3) is 0.0952. The zero-order valence-corrected chi connectivity index (χ0v) is 14.9. The first-order chi connectivity index (χ1) is 13.5. The largest absolute Gasteiger partial charge is 0.422 e. The van der Waals surface area contributed by atoms with Crippen molar-refractivity contribution in [3.05, 3.63) is 100 Å². The van der Waals surface area contributed by atoms with Crippen molar-refractivity contribution in [1.82, 2.24) is 14.9 Å². The molecule has 0 bridgehead atoms. The van der Waals surface area contributed by atoms with E-state index in [1.54, 1.807) is 60.4 Å². The Morgan fingerprint density at radius 1 is 1.18 bits per heavy atom. The second kappa shape index (κ2) is 7.11. The van der Waals surface area contributed by atoms with Crippen LogP contribution in [0.15, 0.2) is 76.2 Å². The van der Waals surface area contributed by atoms with E-state index in [0.29, 0.717) is 22.4 Å². The monoisotopic (exact) mass is 377 g/mol. The number of nitrogens with zero attached hydrogens (tertiary/aromatic N) is 2. The van der Waals surface area contributed by atoms with Crippen LogP contribution < -0.4 is 10.9 Å². The van der Waals surface area contributed by atoms with E-state index in [0.717, 1.165) is 0 Å². The minimum Gasteiger partial charge on any atom is -0.422 e. The van der Waals surface area contributed by atoms with Crippen molar-refractivity contribution >= 4 is 16.9 Å². The summed E-state index contributed by atoms with van der Waals surface area (Å²) in [5, 5.41) is 3.45. The van der Waals surface area contributed by atoms with Crippen LogP contribution in [-0.4, -0.2) is 15.5 Å². The Balaban J connectivity index is 1.74. The van der Waals surface area contributed by atoms with Crippen LogP contribution in [0.2, 0.25) is 0 Å². The van der Waals surface area contributed by atoms with Crippen LogP contribution in [0.3, 0.4) is 0 Å². The second-order valence-corrected chi connectivity index (χ2v) is 6.34. The third-order valence-corrected chi connectivity index (χ3v) is 4.48. The molecule has 0 saturated carbocycles. The number of hydrogen-bond acceptors (Lipinski definition) is 4. The Kier molecular flexibility index (Phi) is 4.49. The highest BCUT2D eigenvalue weighted by Crippen LogP contribution is 2.22. The first-order valence-corrected chi connectivity index (χ1v) is 8.59. The van der Waals surface area contributed by atoms with Gasteiger partial charge in [-0.3, -0.25) is 4.79 Å². The molecule has 0 fully saturated rings. The summed E-state index contributed by atoms with van der Waals surface area (Å²) in [6.45, 7) is 0. The molecular formula is C21H16FN3O3. The SMILES string of the molecule is Cn1ccnc1C(NC(=O)c1cc2ccccc2oc1=O)c1ccc(F)cc1. The number of hydrogen-bond donors (Lipinski definition) is 1. The summed E-state index contributed by atoms with van der Waals surface area (Å²) < 4.78 is 20.3. The molecule has 1 amide bonds. The summed E-state index contributed by atoms with van der Waals surface area (Å²) in [4.78, 5) is 29.5. The normalized spacial score (nSPS) is 12.1. The number of carbonyl (C=O) groups excluding carboxylic acids is 1. The number of benzene rings is 2. The van der Waals surface area contributed by atoms with Crippen molar-refractivity contribution < 1.29 is 13.6 Å². The Labute approximate surface area is 159 Å². The van der Waals surface area contributed by atoms with E-state index in [1.807, 2.05) is 0 Å². The van der Waals surface area contributed by atoms with Gasteiger partial charge in [0.25, 0.3) is 5.91 Å². The summed E-state index contributed by atoms with van der Waals surface area (Å²) in [5.74, 6) is -0.439. The highest BCUT2D eigenvalue weighted by molar-refractivity contribution is 5.97. The number of rotatable bonds is 4. The maximum Gasteiger partial charge on any atom is 0.349 e. The summed E-state index contributed by atoms with van der Waals surface area (Å²) >= 11 is 0. The van der Waals surface area contributed by atoms with Crippen molar-refractivity contribution in [2.45, 2.75) is 6.04 Å². The maximum atomic E-state index is 13.3. The van der Waals surface area contributed by atoms with Gasteiger partial charge in [0.05, 0.1) is 0 Å². The van der Waals surface area contributed by atoms with Gasteiger partial charge in [-0.2, -0.15) is 0 Å². The number of imidazole rings is 1. The molecule has 6 nitrogen and oxygen atoms in total. The van der Waals surface area contributed by atoms with Crippen LogP contribution in [0.25, 0.3) is 11.0 Å². The average Bonchev–Trinajstić information content (AvgIpc) is 3.12. The molecule has 140 valence electrons. The number of aromatic nitrogens is 2. The lowest BCUT2D eigenvalue weighted by atomic mass is 10.1. The number of para-hydroxylation sites is 1. The molecule has 0 radical (unpaired) electrons. The lowest BCUT2D eigenvalue weighted by Crippen LogP contribution is -2.33. The van der Waals surface area contributed by atoms with Crippen LogP contribution in [-0.2, 0) is 7.05 Å². The molecule has 4 rings (SSSR count). The Morgan fingerprint density at radius 3 is 2.64 bits per heavy atom. The lowest BCUT2D eigenvalue weighted by molar-refractivity contribution is 0.0937. The first kappa shape index (κ1) is 17.7. The molecule has 7 heteroatoms. The minimum absolute atomic E-state index is 0.111. The van der Waals surface area contributed by atoms with Crippen LogP contribution in [0, 0.1) is 5.82 Å². The zero-order valence-electron chi connectivity index (χ0n) is 14.9. The molecular weight excluding hydrogens is 361 g/mol. The molecule has 0 aliphatic heterocycles. The zero-order chi connectivity index (χ0) is 19.7. The third-order valence-electron chi connectivity index (χ3n) is 4.48. The fourth-order valence-corrected chi connectivity index (χ4v) is 3.04. The topological polar surface area (TPSA) is 77.1 Å². The standard InChI is InChI=1S/C21H16FN3O3/c1-25-11-10-23-19(25)18(13-6-8-15(22)9-7-13)24-20(26)16-12-14-4-2-3-5-17(14)28-21(16)27/h2-12,18H,1H3,(H,24,26). The van der Waals surface area contributed by atoms with Crippen molar-refractivity contribution in [2.75, 3.05) is 0 Å². The molecule has 0 aliphatic carbocycles. The molecule has 28 heavy (non-hydrogen) atoms. The van der Waals surface area contributed by atoms with Gasteiger partial charge < -0.3 is 14.3 Å². The van der Waals surface area contributed by atoms with Crippen molar-refractivity contribution in [3.63, 3.8) is 0 Å². The van der Waals surface area contributed by atoms with E-state index in [4.69, 9.17) is 4.42 Å². The minimum atomic E-state index is -0.728. The molecule has 4 aromatic rings. The summed E-state index contributed by atoms with van der Waals surface area (Å²) in [6.07, 6.45) is 3.34. The van der Waals surface area contributed by atoms with Crippen molar-refractivity contribution in [2.24, 2.45) is 7.05 Å². The quantitative estimate of drug-likeness (QED) is 0.554. The molecule has 1 atom stereocenters. The number of amides is 1. The Bertz CT molecular complexity index is 1210. The highest BCUT2D eigenvalue weighted by atomic mass is 19.1. The van der Waals surface area contributed by atoms with Crippen molar-refractivity contribution in [1.29, 1.82) is 0 Å². The van der Waals surface area contributed by atoms with E-state index in [-0.39, 0.29) is 11.4 Å². The summed E-state index contributed by atoms with van der Waals surface area (Å²) in [7, 11) is 1.79. The summed E-state index contributed by atoms with van der Waals surface area (Å²) in [6, 6.07) is 13.5. The molecule has 1 unspecified atom stereocenters. The van der Waals surface area contributed by atoms with E-state index in [2.05, 4.69) is 10.3 Å². The van der Waals surface area contributed by atoms with Crippen LogP contribution in [0.1, 0.15) is 27.8 Å². The van der Waals surface area contributed by atoms with Crippen molar-refractivity contribution in [3.8, 4) is 0 Å². The van der Waals surface area contributed by atoms with Crippen LogP contribution in [0.5, 0.6) is 0 Å². The molecule has 2 heterocycles. The van der Waals surface area contributed by atoms with E-state index >= 15 is 0 Å². The molecule has 1 N–H and O–H groups in total. The lowest BCUT2D eigenvalue weighted by Gasteiger charge is -2.19. The molecule has 0 aliphatic rings. The van der Waals surface area contributed by atoms with Gasteiger partial charge in [-0.1, -0.05) is 30.3 Å². The van der Waals surface area contributed by atoms with Gasteiger partial charge in [-0.05, 0) is 29.8 Å². The first-order valence-electron chi connectivity index (χ1n) is 8.59. The number of nitrogens with one attached hydrogen (secondary N) is 1. The van der Waals surface area contributed by atoms with E-state index in [1.165, 1.54) is 18.2 Å². The van der Waals surface area contributed by atoms with Gasteiger partial charge in [0.1, 0.15) is 28.8 Å². The second-order valence-electron chi connectivity index (χ2n) is 6.34. The summed E-state index contributed by atoms with van der Waals surface area (Å²) in [5.41, 5.74) is 0.200. The molecule has 2 aromatic heterocycles. The predicted molar refractivity (Wildman–Crippen MR) is 101 cm³/mol. The van der Waals surface area contributed by atoms with Crippen LogP contribution in [0.4, 0.5) is 4.39 Å². The maximum absolute atomic E-state index is 13.3. The number of carbonyl (C=O) groups is 1. The highest BCUT2D eigenvalue weighted by Gasteiger charge is 2.23. The number of fused-ring (bicyclic) bond motifs is 1. The number of halogens is 1. The van der Waals surface area contributed by atoms with E-state index in [9.17, 15) is 14.0 Å². The third kappa shape index (κ3) is 3.29. The molecule has 0 saturated heterocycles. The van der Waals surface area contributed by atoms with Gasteiger partial charge in [0, 0.05) is 24.8 Å². The van der Waals surface area contributed by atoms with Gasteiger partial charge in [-0.25, -0.2) is 14.2 Å². The van der Waals surface area contributed by atoms with Gasteiger partial charge in [0.15, 0.2) is 0 Å². The number of aryl methyl sites for hydroxylation is 1. The van der Waals surface area contributed by atoms with Crippen LogP contribution >= 0.6 is 0 Å². The molecule has 2 aromatic carbocycles. The fourth-order valence-electron chi connectivity index (χ4n) is 3.04. The van der Waals surface area contributed by atoms with E-state index < -0.39 is 17.6 Å². The predicted octanol–water partition coefficient (Wildman–Crippen LogP) is 3.19. The molecule has 0 spiro atoms.